The summed E-state index contributed by atoms with van der Waals surface area (Å²) in [6.07, 6.45) is 5.70. The molecule has 0 amide bonds. The van der Waals surface area contributed by atoms with Gasteiger partial charge in [-0.2, -0.15) is 0 Å². The molecule has 0 aromatic carbocycles. The molecular weight excluding hydrogens is 248 g/mol. The van der Waals surface area contributed by atoms with E-state index in [0.29, 0.717) is 0 Å². The molecule has 0 saturated carbocycles. The molecule has 1 aromatic rings. The molecule has 0 radical (unpaired) electrons. The van der Waals surface area contributed by atoms with Crippen molar-refractivity contribution in [2.45, 2.75) is 53.1 Å². The van der Waals surface area contributed by atoms with Gasteiger partial charge >= 0.3 is 0 Å². The normalized spacial score (nSPS) is 17.8. The molecule has 4 nitrogen and oxygen atoms in total. The zero-order chi connectivity index (χ0) is 14.5. The molecule has 1 aromatic heterocycles. The highest BCUT2D eigenvalue weighted by molar-refractivity contribution is 4.94. The van der Waals surface area contributed by atoms with Gasteiger partial charge in [0.15, 0.2) is 0 Å². The molecule has 0 spiro atoms. The summed E-state index contributed by atoms with van der Waals surface area (Å²) in [5, 5.41) is 8.48. The summed E-state index contributed by atoms with van der Waals surface area (Å²) in [5.74, 6) is 1.72. The monoisotopic (exact) mass is 276 g/mol. The van der Waals surface area contributed by atoms with Gasteiger partial charge < -0.3 is 0 Å². The van der Waals surface area contributed by atoms with E-state index in [4.69, 9.17) is 0 Å². The van der Waals surface area contributed by atoms with Crippen LogP contribution >= 0.6 is 0 Å². The summed E-state index contributed by atoms with van der Waals surface area (Å²) in [5.41, 5.74) is 2.28. The second-order valence-electron chi connectivity index (χ2n) is 6.54. The Labute approximate surface area is 122 Å². The average molecular weight is 276 g/mol. The minimum atomic E-state index is 0.820. The van der Waals surface area contributed by atoms with Gasteiger partial charge in [0.25, 0.3) is 0 Å². The van der Waals surface area contributed by atoms with Crippen molar-refractivity contribution in [3.8, 4) is 0 Å². The van der Waals surface area contributed by atoms with Crippen LogP contribution in [0.3, 0.4) is 0 Å². The topological polar surface area (TPSA) is 34.0 Å². The summed E-state index contributed by atoms with van der Waals surface area (Å²) in [6.45, 7) is 14.9. The fraction of sp³-hybridized carbons (Fsp3) is 0.750. The SMILES string of the molecule is C=C(C)CCn1cc(CN2CCC(C(C)C)CC2)nn1. The maximum absolute atomic E-state index is 4.28. The molecule has 20 heavy (non-hydrogen) atoms. The predicted molar refractivity (Wildman–Crippen MR) is 82.3 cm³/mol. The number of hydrogen-bond acceptors (Lipinski definition) is 3. The number of aryl methyl sites for hydroxylation is 1. The number of likely N-dealkylation sites (tertiary alicyclic amines) is 1. The van der Waals surface area contributed by atoms with Crippen molar-refractivity contribution in [2.24, 2.45) is 11.8 Å². The van der Waals surface area contributed by atoms with Crippen LogP contribution in [0.4, 0.5) is 0 Å². The highest BCUT2D eigenvalue weighted by Crippen LogP contribution is 2.24. The van der Waals surface area contributed by atoms with Gasteiger partial charge in [-0.3, -0.25) is 9.58 Å². The second kappa shape index (κ2) is 7.02. The third-order valence-corrected chi connectivity index (χ3v) is 4.31. The fourth-order valence-corrected chi connectivity index (χ4v) is 2.83. The lowest BCUT2D eigenvalue weighted by Gasteiger charge is -2.33. The van der Waals surface area contributed by atoms with Crippen LogP contribution < -0.4 is 0 Å². The van der Waals surface area contributed by atoms with E-state index in [9.17, 15) is 0 Å². The lowest BCUT2D eigenvalue weighted by molar-refractivity contribution is 0.150. The lowest BCUT2D eigenvalue weighted by atomic mass is 9.87. The molecule has 1 saturated heterocycles. The van der Waals surface area contributed by atoms with E-state index >= 15 is 0 Å². The highest BCUT2D eigenvalue weighted by atomic mass is 15.4. The molecular formula is C16H28N4. The minimum absolute atomic E-state index is 0.820. The van der Waals surface area contributed by atoms with Crippen molar-refractivity contribution < 1.29 is 0 Å². The first-order chi connectivity index (χ1) is 9.54. The minimum Gasteiger partial charge on any atom is -0.297 e. The first kappa shape index (κ1) is 15.2. The summed E-state index contributed by atoms with van der Waals surface area (Å²) in [4.78, 5) is 2.51. The van der Waals surface area contributed by atoms with Gasteiger partial charge in [0.1, 0.15) is 0 Å². The molecule has 1 fully saturated rings. The van der Waals surface area contributed by atoms with Crippen LogP contribution in [0.25, 0.3) is 0 Å². The largest absolute Gasteiger partial charge is 0.297 e. The van der Waals surface area contributed by atoms with Crippen LogP contribution in [0.1, 0.15) is 45.7 Å². The Morgan fingerprint density at radius 1 is 1.40 bits per heavy atom. The van der Waals surface area contributed by atoms with E-state index in [1.165, 1.54) is 31.5 Å². The zero-order valence-corrected chi connectivity index (χ0v) is 13.2. The van der Waals surface area contributed by atoms with Crippen molar-refractivity contribution in [3.63, 3.8) is 0 Å². The summed E-state index contributed by atoms with van der Waals surface area (Å²) < 4.78 is 1.94. The van der Waals surface area contributed by atoms with E-state index in [1.54, 1.807) is 0 Å². The third kappa shape index (κ3) is 4.44. The number of allylic oxidation sites excluding steroid dienone is 1. The quantitative estimate of drug-likeness (QED) is 0.749. The van der Waals surface area contributed by atoms with Gasteiger partial charge in [0.2, 0.25) is 0 Å². The Morgan fingerprint density at radius 2 is 2.10 bits per heavy atom. The van der Waals surface area contributed by atoms with Crippen molar-refractivity contribution in [1.29, 1.82) is 0 Å². The number of piperidine rings is 1. The molecule has 0 aliphatic carbocycles. The van der Waals surface area contributed by atoms with Crippen LogP contribution in [0.15, 0.2) is 18.3 Å². The number of nitrogens with zero attached hydrogens (tertiary/aromatic N) is 4. The van der Waals surface area contributed by atoms with Crippen LogP contribution in [-0.4, -0.2) is 33.0 Å². The van der Waals surface area contributed by atoms with E-state index < -0.39 is 0 Å². The first-order valence-corrected chi connectivity index (χ1v) is 7.80. The standard InChI is InChI=1S/C16H28N4/c1-13(2)5-10-20-12-16(17-18-20)11-19-8-6-15(7-9-19)14(3)4/h12,14-15H,1,5-11H2,2-4H3. The fourth-order valence-electron chi connectivity index (χ4n) is 2.83. The Kier molecular flexibility index (Phi) is 5.35. The van der Waals surface area contributed by atoms with Gasteiger partial charge in [-0.05, 0) is 51.1 Å². The molecule has 0 atom stereocenters. The van der Waals surface area contributed by atoms with Crippen LogP contribution in [-0.2, 0) is 13.1 Å². The maximum atomic E-state index is 4.28. The predicted octanol–water partition coefficient (Wildman–Crippen LogP) is 3.11. The van der Waals surface area contributed by atoms with Crippen LogP contribution in [0.5, 0.6) is 0 Å². The molecule has 112 valence electrons. The van der Waals surface area contributed by atoms with Crippen LogP contribution in [0, 0.1) is 11.8 Å². The summed E-state index contributed by atoms with van der Waals surface area (Å²) in [6, 6.07) is 0. The molecule has 0 unspecified atom stereocenters. The van der Waals surface area contributed by atoms with Crippen molar-refractivity contribution in [3.05, 3.63) is 24.0 Å². The van der Waals surface area contributed by atoms with Gasteiger partial charge in [0.05, 0.1) is 5.69 Å². The van der Waals surface area contributed by atoms with Gasteiger partial charge in [-0.15, -0.1) is 11.7 Å². The van der Waals surface area contributed by atoms with E-state index in [1.807, 2.05) is 4.68 Å². The van der Waals surface area contributed by atoms with Crippen molar-refractivity contribution in [2.75, 3.05) is 13.1 Å². The Hall–Kier alpha value is -1.16. The highest BCUT2D eigenvalue weighted by Gasteiger charge is 2.21. The van der Waals surface area contributed by atoms with Crippen molar-refractivity contribution >= 4 is 0 Å². The van der Waals surface area contributed by atoms with E-state index in [0.717, 1.165) is 37.0 Å². The molecule has 1 aliphatic rings. The van der Waals surface area contributed by atoms with E-state index in [-0.39, 0.29) is 0 Å². The van der Waals surface area contributed by atoms with Crippen LogP contribution in [0.2, 0.25) is 0 Å². The maximum Gasteiger partial charge on any atom is 0.0967 e. The van der Waals surface area contributed by atoms with E-state index in [2.05, 4.69) is 48.8 Å². The number of hydrogen-bond donors (Lipinski definition) is 0. The van der Waals surface area contributed by atoms with Gasteiger partial charge in [0, 0.05) is 19.3 Å². The van der Waals surface area contributed by atoms with Crippen molar-refractivity contribution in [1.82, 2.24) is 19.9 Å². The molecule has 2 heterocycles. The third-order valence-electron chi connectivity index (χ3n) is 4.31. The molecule has 2 rings (SSSR count). The molecule has 0 bridgehead atoms. The zero-order valence-electron chi connectivity index (χ0n) is 13.2. The summed E-state index contributed by atoms with van der Waals surface area (Å²) >= 11 is 0. The smallest absolute Gasteiger partial charge is 0.0967 e. The number of aromatic nitrogens is 3. The average Bonchev–Trinajstić information content (AvgIpc) is 2.84. The number of rotatable bonds is 6. The Balaban J connectivity index is 1.78. The molecule has 0 N–H and O–H groups in total. The van der Waals surface area contributed by atoms with Gasteiger partial charge in [-0.1, -0.05) is 24.6 Å². The molecule has 1 aliphatic heterocycles. The lowest BCUT2D eigenvalue weighted by Crippen LogP contribution is -2.34. The Bertz CT molecular complexity index is 427. The molecule has 4 heteroatoms. The first-order valence-electron chi connectivity index (χ1n) is 7.80. The van der Waals surface area contributed by atoms with Gasteiger partial charge in [-0.25, -0.2) is 0 Å². The Morgan fingerprint density at radius 3 is 2.70 bits per heavy atom. The second-order valence-corrected chi connectivity index (χ2v) is 6.54. The summed E-state index contributed by atoms with van der Waals surface area (Å²) in [7, 11) is 0.